The Morgan fingerprint density at radius 2 is 2.21 bits per heavy atom. The number of aromatic nitrogens is 2. The van der Waals surface area contributed by atoms with E-state index in [0.29, 0.717) is 5.13 Å². The summed E-state index contributed by atoms with van der Waals surface area (Å²) in [6, 6.07) is 0. The van der Waals surface area contributed by atoms with E-state index < -0.39 is 0 Å². The predicted molar refractivity (Wildman–Crippen MR) is 81.3 cm³/mol. The summed E-state index contributed by atoms with van der Waals surface area (Å²) in [6.07, 6.45) is 4.53. The van der Waals surface area contributed by atoms with Gasteiger partial charge in [-0.25, -0.2) is 9.97 Å². The van der Waals surface area contributed by atoms with Gasteiger partial charge in [0, 0.05) is 11.6 Å². The minimum Gasteiger partial charge on any atom is -0.375 e. The van der Waals surface area contributed by atoms with Gasteiger partial charge in [-0.3, -0.25) is 4.90 Å². The number of piperidine rings is 1. The van der Waals surface area contributed by atoms with Crippen LogP contribution in [0.4, 0.5) is 5.13 Å². The van der Waals surface area contributed by atoms with Crippen molar-refractivity contribution in [3.63, 3.8) is 0 Å². The maximum absolute atomic E-state index is 5.67. The Labute approximate surface area is 121 Å². The van der Waals surface area contributed by atoms with E-state index in [1.807, 2.05) is 11.6 Å². The zero-order valence-corrected chi connectivity index (χ0v) is 12.6. The van der Waals surface area contributed by atoms with E-state index >= 15 is 0 Å². The van der Waals surface area contributed by atoms with Gasteiger partial charge in [-0.15, -0.1) is 22.7 Å². The van der Waals surface area contributed by atoms with Crippen LogP contribution in [0.1, 0.15) is 24.8 Å². The lowest BCUT2D eigenvalue weighted by Gasteiger charge is -2.29. The zero-order valence-electron chi connectivity index (χ0n) is 11.0. The highest BCUT2D eigenvalue weighted by atomic mass is 32.1. The molecule has 0 aliphatic carbocycles. The molecule has 0 amide bonds. The molecule has 3 heterocycles. The van der Waals surface area contributed by atoms with Crippen molar-refractivity contribution in [1.29, 1.82) is 0 Å². The van der Waals surface area contributed by atoms with Gasteiger partial charge in [0.15, 0.2) is 5.13 Å². The van der Waals surface area contributed by atoms with E-state index in [9.17, 15) is 0 Å². The van der Waals surface area contributed by atoms with E-state index in [-0.39, 0.29) is 0 Å². The van der Waals surface area contributed by atoms with Crippen LogP contribution in [-0.4, -0.2) is 28.0 Å². The van der Waals surface area contributed by atoms with E-state index in [1.54, 1.807) is 11.3 Å². The molecule has 1 saturated heterocycles. The molecule has 0 saturated carbocycles. The molecule has 3 rings (SSSR count). The molecule has 0 spiro atoms. The largest absolute Gasteiger partial charge is 0.375 e. The van der Waals surface area contributed by atoms with E-state index in [2.05, 4.69) is 21.8 Å². The molecule has 102 valence electrons. The van der Waals surface area contributed by atoms with Gasteiger partial charge in [-0.1, -0.05) is 6.92 Å². The Balaban J connectivity index is 1.65. The first kappa shape index (κ1) is 13.0. The predicted octanol–water partition coefficient (Wildman–Crippen LogP) is 3.08. The fourth-order valence-corrected chi connectivity index (χ4v) is 3.87. The summed E-state index contributed by atoms with van der Waals surface area (Å²) in [7, 11) is 0. The first-order chi connectivity index (χ1) is 9.20. The van der Waals surface area contributed by atoms with E-state index in [1.165, 1.54) is 42.3 Å². The first-order valence-electron chi connectivity index (χ1n) is 6.59. The highest BCUT2D eigenvalue weighted by Crippen LogP contribution is 2.29. The van der Waals surface area contributed by atoms with Crippen LogP contribution in [0.15, 0.2) is 11.6 Å². The number of hydrogen-bond acceptors (Lipinski definition) is 6. The Morgan fingerprint density at radius 1 is 1.42 bits per heavy atom. The molecule has 1 aliphatic rings. The van der Waals surface area contributed by atoms with Gasteiger partial charge < -0.3 is 5.73 Å². The molecule has 0 atom stereocenters. The number of anilines is 1. The lowest BCUT2D eigenvalue weighted by molar-refractivity contribution is 0.185. The molecule has 2 aromatic heterocycles. The van der Waals surface area contributed by atoms with Crippen molar-refractivity contribution in [1.82, 2.24) is 14.9 Å². The van der Waals surface area contributed by atoms with Crippen LogP contribution in [0.5, 0.6) is 0 Å². The van der Waals surface area contributed by atoms with Crippen molar-refractivity contribution >= 4 is 27.8 Å². The number of nitrogens with zero attached hydrogens (tertiary/aromatic N) is 3. The molecule has 0 aromatic carbocycles. The maximum Gasteiger partial charge on any atom is 0.180 e. The first-order valence-corrected chi connectivity index (χ1v) is 8.29. The molecule has 0 radical (unpaired) electrons. The van der Waals surface area contributed by atoms with Gasteiger partial charge >= 0.3 is 0 Å². The molecule has 0 bridgehead atoms. The average molecular weight is 294 g/mol. The van der Waals surface area contributed by atoms with Crippen LogP contribution >= 0.6 is 22.7 Å². The second-order valence-corrected chi connectivity index (χ2v) is 7.15. The summed E-state index contributed by atoms with van der Waals surface area (Å²) in [4.78, 5) is 12.4. The maximum atomic E-state index is 5.67. The monoisotopic (exact) mass is 294 g/mol. The second-order valence-electron chi connectivity index (χ2n) is 5.15. The van der Waals surface area contributed by atoms with Crippen LogP contribution in [0, 0.1) is 5.92 Å². The molecule has 1 aliphatic heterocycles. The number of hydrogen-bond donors (Lipinski definition) is 1. The van der Waals surface area contributed by atoms with Gasteiger partial charge in [0.2, 0.25) is 0 Å². The number of thiazole rings is 2. The standard InChI is InChI=1S/C13H18N4S2/c1-9-2-4-17(5-3-9)7-12-15-6-11(19-12)10-8-18-13(14)16-10/h6,8-9H,2-5,7H2,1H3,(H2,14,16). The summed E-state index contributed by atoms with van der Waals surface area (Å²) in [5.41, 5.74) is 6.63. The normalized spacial score (nSPS) is 17.9. The summed E-state index contributed by atoms with van der Waals surface area (Å²) < 4.78 is 0. The number of likely N-dealkylation sites (tertiary alicyclic amines) is 1. The minimum absolute atomic E-state index is 0.620. The SMILES string of the molecule is CC1CCN(Cc2ncc(-c3csc(N)n3)s2)CC1. The average Bonchev–Trinajstić information content (AvgIpc) is 3.01. The number of nitrogens with two attached hydrogens (primary N) is 1. The topological polar surface area (TPSA) is 55.0 Å². The summed E-state index contributed by atoms with van der Waals surface area (Å²) >= 11 is 3.21. The van der Waals surface area contributed by atoms with Crippen LogP contribution in [0.25, 0.3) is 10.6 Å². The van der Waals surface area contributed by atoms with Crippen molar-refractivity contribution in [2.45, 2.75) is 26.3 Å². The van der Waals surface area contributed by atoms with Gasteiger partial charge in [-0.2, -0.15) is 0 Å². The van der Waals surface area contributed by atoms with Crippen molar-refractivity contribution < 1.29 is 0 Å². The molecule has 2 aromatic rings. The summed E-state index contributed by atoms with van der Waals surface area (Å²) in [6.45, 7) is 5.70. The zero-order chi connectivity index (χ0) is 13.2. The fraction of sp³-hybridized carbons (Fsp3) is 0.538. The molecule has 19 heavy (non-hydrogen) atoms. The Kier molecular flexibility index (Phi) is 3.81. The number of nitrogen functional groups attached to an aromatic ring is 1. The molecular formula is C13H18N4S2. The Hall–Kier alpha value is -0.980. The third-order valence-corrected chi connectivity index (χ3v) is 5.24. The summed E-state index contributed by atoms with van der Waals surface area (Å²) in [5, 5.41) is 3.79. The molecule has 4 nitrogen and oxygen atoms in total. The van der Waals surface area contributed by atoms with Crippen molar-refractivity contribution in [2.24, 2.45) is 5.92 Å². The third-order valence-electron chi connectivity index (χ3n) is 3.56. The number of rotatable bonds is 3. The highest BCUT2D eigenvalue weighted by Gasteiger charge is 2.17. The van der Waals surface area contributed by atoms with E-state index in [0.717, 1.165) is 23.0 Å². The van der Waals surface area contributed by atoms with Crippen molar-refractivity contribution in [3.8, 4) is 10.6 Å². The van der Waals surface area contributed by atoms with Crippen LogP contribution < -0.4 is 5.73 Å². The molecule has 1 fully saturated rings. The van der Waals surface area contributed by atoms with Gasteiger partial charge in [-0.05, 0) is 31.8 Å². The summed E-state index contributed by atoms with van der Waals surface area (Å²) in [5.74, 6) is 0.876. The van der Waals surface area contributed by atoms with Gasteiger partial charge in [0.25, 0.3) is 0 Å². The Morgan fingerprint density at radius 3 is 2.89 bits per heavy atom. The van der Waals surface area contributed by atoms with Crippen molar-refractivity contribution in [3.05, 3.63) is 16.6 Å². The third kappa shape index (κ3) is 3.13. The Bertz CT molecular complexity index is 540. The molecular weight excluding hydrogens is 276 g/mol. The fourth-order valence-electron chi connectivity index (χ4n) is 2.31. The minimum atomic E-state index is 0.620. The second kappa shape index (κ2) is 5.56. The van der Waals surface area contributed by atoms with Gasteiger partial charge in [0.1, 0.15) is 5.01 Å². The lowest BCUT2D eigenvalue weighted by atomic mass is 9.99. The van der Waals surface area contributed by atoms with Crippen LogP contribution in [0.3, 0.4) is 0 Å². The quantitative estimate of drug-likeness (QED) is 0.945. The van der Waals surface area contributed by atoms with E-state index in [4.69, 9.17) is 5.73 Å². The smallest absolute Gasteiger partial charge is 0.180 e. The van der Waals surface area contributed by atoms with Crippen LogP contribution in [0.2, 0.25) is 0 Å². The molecule has 0 unspecified atom stereocenters. The van der Waals surface area contributed by atoms with Crippen molar-refractivity contribution in [2.75, 3.05) is 18.8 Å². The molecule has 6 heteroatoms. The van der Waals surface area contributed by atoms with Gasteiger partial charge in [0.05, 0.1) is 17.1 Å². The molecule has 2 N–H and O–H groups in total. The lowest BCUT2D eigenvalue weighted by Crippen LogP contribution is -2.32. The van der Waals surface area contributed by atoms with Crippen LogP contribution in [-0.2, 0) is 6.54 Å². The highest BCUT2D eigenvalue weighted by molar-refractivity contribution is 7.16.